The predicted molar refractivity (Wildman–Crippen MR) is 185 cm³/mol. The standard InChI is InChI=1S/C38H61NO9/c1-26(20-21-31(40)17-9-7-14-27(2)23-29-15-12-18-32(24-29)46-4)13-6-8-16-30-25-38(45,28(3)48-37(30)47-5)34(41)35(42)39-22-11-10-19-33(39)36(43)44/h20,23,28-30,32-33,37,45H,6-19,21-22,24-25H2,1-5H3,(H,43,44)/p+1/b26-20+,27-23+/t28-,29?,30-,32-,33?,37-,38-/m0/s1. The number of carbonyl (C=O) groups is 3. The predicted octanol–water partition coefficient (Wildman–Crippen LogP) is 6.30. The van der Waals surface area contributed by atoms with Gasteiger partial charge in [0.1, 0.15) is 5.78 Å². The van der Waals surface area contributed by atoms with Gasteiger partial charge in [-0.3, -0.25) is 14.4 Å². The number of amides is 1. The van der Waals surface area contributed by atoms with E-state index in [-0.39, 0.29) is 24.7 Å². The highest BCUT2D eigenvalue weighted by molar-refractivity contribution is 6.39. The Hall–Kier alpha value is -2.40. The number of aliphatic carboxylic acids is 1. The van der Waals surface area contributed by atoms with Crippen LogP contribution < -0.4 is 0 Å². The van der Waals surface area contributed by atoms with E-state index in [9.17, 15) is 29.4 Å². The highest BCUT2D eigenvalue weighted by Crippen LogP contribution is 2.38. The molecule has 2 heterocycles. The zero-order valence-electron chi connectivity index (χ0n) is 30.1. The number of hydrogen-bond donors (Lipinski definition) is 2. The summed E-state index contributed by atoms with van der Waals surface area (Å²) < 4.78 is 17.0. The monoisotopic (exact) mass is 676 g/mol. The Balaban J connectivity index is 1.39. The molecular weight excluding hydrogens is 614 g/mol. The minimum Gasteiger partial charge on any atom is -0.381 e. The number of ketones is 2. The molecule has 2 saturated heterocycles. The highest BCUT2D eigenvalue weighted by atomic mass is 16.7. The van der Waals surface area contributed by atoms with E-state index in [1.165, 1.54) is 31.9 Å². The Kier molecular flexibility index (Phi) is 16.4. The number of rotatable bonds is 18. The maximum Gasteiger partial charge on any atom is 0.504 e. The van der Waals surface area contributed by atoms with Gasteiger partial charge in [-0.25, -0.2) is 0 Å². The summed E-state index contributed by atoms with van der Waals surface area (Å²) in [7, 11) is 3.33. The van der Waals surface area contributed by atoms with E-state index >= 15 is 0 Å². The van der Waals surface area contributed by atoms with Crippen molar-refractivity contribution in [1.29, 1.82) is 0 Å². The number of methoxy groups -OCH3 is 2. The first-order chi connectivity index (χ1) is 22.9. The fourth-order valence-electron chi connectivity index (χ4n) is 7.67. The van der Waals surface area contributed by atoms with Gasteiger partial charge in [0.25, 0.3) is 11.7 Å². The Morgan fingerprint density at radius 3 is 2.38 bits per heavy atom. The molecule has 3 N–H and O–H groups in total. The number of likely N-dealkylation sites (tertiary alicyclic amines) is 1. The second-order valence-electron chi connectivity index (χ2n) is 14.5. The third-order valence-corrected chi connectivity index (χ3v) is 10.7. The molecule has 3 rings (SSSR count). The summed E-state index contributed by atoms with van der Waals surface area (Å²) in [6.45, 7) is 6.02. The minimum atomic E-state index is -2.04. The van der Waals surface area contributed by atoms with Gasteiger partial charge >= 0.3 is 5.97 Å². The third kappa shape index (κ3) is 11.6. The maximum atomic E-state index is 13.4. The molecule has 1 saturated carbocycles. The van der Waals surface area contributed by atoms with E-state index in [0.717, 1.165) is 55.4 Å². The van der Waals surface area contributed by atoms with Crippen molar-refractivity contribution in [2.24, 2.45) is 11.8 Å². The van der Waals surface area contributed by atoms with Crippen molar-refractivity contribution in [2.45, 2.75) is 160 Å². The summed E-state index contributed by atoms with van der Waals surface area (Å²) >= 11 is 0. The first-order valence-corrected chi connectivity index (χ1v) is 18.3. The van der Waals surface area contributed by atoms with E-state index in [1.807, 2.05) is 20.1 Å². The number of carboxylic acid groups (broad SMARTS) is 1. The Morgan fingerprint density at radius 2 is 1.67 bits per heavy atom. The first-order valence-electron chi connectivity index (χ1n) is 18.3. The minimum absolute atomic E-state index is 0.0120. The SMILES string of the molecule is CO[C@H]1CCCC(/C=C(\C)CCCCC(=O)C/C=C(\C)CCCC[C@H]2C[C@@](O)(C(=O)C(=O)N3CCCCC3C(O)=[OH+])[C@H](C)O[C@@H]2OC)C1. The second-order valence-corrected chi connectivity index (χ2v) is 14.5. The summed E-state index contributed by atoms with van der Waals surface area (Å²) in [6, 6.07) is -0.958. The zero-order valence-corrected chi connectivity index (χ0v) is 30.1. The van der Waals surface area contributed by atoms with Crippen LogP contribution in [0.5, 0.6) is 0 Å². The molecule has 1 aliphatic carbocycles. The average molecular weight is 677 g/mol. The van der Waals surface area contributed by atoms with Crippen molar-refractivity contribution >= 4 is 23.4 Å². The normalized spacial score (nSPS) is 30.2. The molecule has 2 unspecified atom stereocenters. The maximum absolute atomic E-state index is 13.4. The number of unbranched alkanes of at least 4 members (excludes halogenated alkanes) is 2. The molecule has 3 fully saturated rings. The van der Waals surface area contributed by atoms with Crippen LogP contribution in [-0.4, -0.2) is 94.3 Å². The number of carboxylic acids is 1. The van der Waals surface area contributed by atoms with Crippen LogP contribution in [0.15, 0.2) is 23.3 Å². The Morgan fingerprint density at radius 1 is 0.958 bits per heavy atom. The van der Waals surface area contributed by atoms with Gasteiger partial charge in [0.15, 0.2) is 17.9 Å². The largest absolute Gasteiger partial charge is 0.504 e. The Labute approximate surface area is 287 Å². The van der Waals surface area contributed by atoms with Crippen LogP contribution in [0.2, 0.25) is 0 Å². The number of aliphatic hydroxyl groups is 1. The van der Waals surface area contributed by atoms with Crippen molar-refractivity contribution in [2.75, 3.05) is 20.8 Å². The van der Waals surface area contributed by atoms with Crippen LogP contribution in [-0.2, 0) is 28.6 Å². The lowest BCUT2D eigenvalue weighted by molar-refractivity contribution is -0.259. The van der Waals surface area contributed by atoms with Gasteiger partial charge in [0.05, 0.1) is 12.2 Å². The van der Waals surface area contributed by atoms with Crippen molar-refractivity contribution in [3.63, 3.8) is 0 Å². The van der Waals surface area contributed by atoms with E-state index in [0.29, 0.717) is 50.5 Å². The molecule has 3 aliphatic rings. The number of ether oxygens (including phenoxy) is 3. The molecule has 0 aromatic rings. The van der Waals surface area contributed by atoms with Crippen LogP contribution in [0.25, 0.3) is 0 Å². The van der Waals surface area contributed by atoms with Gasteiger partial charge in [-0.1, -0.05) is 36.1 Å². The van der Waals surface area contributed by atoms with Gasteiger partial charge in [-0.2, -0.15) is 0 Å². The van der Waals surface area contributed by atoms with Gasteiger partial charge in [0, 0.05) is 39.5 Å². The fourth-order valence-corrected chi connectivity index (χ4v) is 7.67. The topological polar surface area (TPSA) is 144 Å². The number of nitrogens with zero attached hydrogens (tertiary/aromatic N) is 1. The van der Waals surface area contributed by atoms with Crippen LogP contribution in [0.3, 0.4) is 0 Å². The van der Waals surface area contributed by atoms with Crippen molar-refractivity contribution in [3.8, 4) is 0 Å². The molecule has 0 bridgehead atoms. The summed E-state index contributed by atoms with van der Waals surface area (Å²) in [5, 5.41) is 21.2. The Bertz CT molecular complexity index is 1150. The van der Waals surface area contributed by atoms with Gasteiger partial charge in [0.2, 0.25) is 0 Å². The number of Topliss-reactive ketones (excluding diaryl/α,β-unsaturated/α-hetero) is 2. The molecule has 0 aromatic carbocycles. The van der Waals surface area contributed by atoms with Gasteiger partial charge < -0.3 is 34.1 Å². The lowest BCUT2D eigenvalue weighted by Gasteiger charge is -2.44. The highest BCUT2D eigenvalue weighted by Gasteiger charge is 2.54. The summed E-state index contributed by atoms with van der Waals surface area (Å²) in [5.41, 5.74) is 0.542. The molecule has 48 heavy (non-hydrogen) atoms. The number of hydrogen-bond acceptors (Lipinski definition) is 7. The zero-order chi connectivity index (χ0) is 35.3. The summed E-state index contributed by atoms with van der Waals surface area (Å²) in [5.74, 6) is -2.24. The van der Waals surface area contributed by atoms with Gasteiger partial charge in [-0.05, 0) is 110 Å². The second kappa shape index (κ2) is 19.7. The summed E-state index contributed by atoms with van der Waals surface area (Å²) in [6.07, 6.45) is 16.9. The fraction of sp³-hybridized carbons (Fsp3) is 0.789. The molecule has 10 nitrogen and oxygen atoms in total. The quantitative estimate of drug-likeness (QED) is 0.0745. The smallest absolute Gasteiger partial charge is 0.381 e. The lowest BCUT2D eigenvalue weighted by Crippen LogP contribution is -2.63. The molecule has 10 heteroatoms. The van der Waals surface area contributed by atoms with Crippen molar-refractivity contribution in [3.05, 3.63) is 23.3 Å². The summed E-state index contributed by atoms with van der Waals surface area (Å²) in [4.78, 5) is 50.0. The number of allylic oxidation sites excluding steroid dienone is 4. The van der Waals surface area contributed by atoms with Crippen LogP contribution in [0, 0.1) is 11.8 Å². The van der Waals surface area contributed by atoms with Crippen LogP contribution in [0.4, 0.5) is 0 Å². The molecule has 2 aliphatic heterocycles. The molecule has 0 aromatic heterocycles. The first kappa shape index (κ1) is 40.0. The van der Waals surface area contributed by atoms with Crippen molar-refractivity contribution < 1.29 is 43.6 Å². The number of aliphatic hydroxyl groups excluding tert-OH is 1. The molecule has 272 valence electrons. The van der Waals surface area contributed by atoms with Crippen molar-refractivity contribution in [1.82, 2.24) is 4.90 Å². The lowest BCUT2D eigenvalue weighted by atomic mass is 9.77. The molecule has 0 spiro atoms. The van der Waals surface area contributed by atoms with Crippen LogP contribution >= 0.6 is 0 Å². The van der Waals surface area contributed by atoms with E-state index in [4.69, 9.17) is 14.2 Å². The molecule has 0 radical (unpaired) electrons. The van der Waals surface area contributed by atoms with Gasteiger partial charge in [-0.15, -0.1) is 0 Å². The third-order valence-electron chi connectivity index (χ3n) is 10.7. The van der Waals surface area contributed by atoms with E-state index < -0.39 is 41.7 Å². The average Bonchev–Trinajstić information content (AvgIpc) is 3.08. The molecular formula is C38H62NO9+. The number of piperidine rings is 1. The van der Waals surface area contributed by atoms with Crippen LogP contribution in [0.1, 0.15) is 130 Å². The van der Waals surface area contributed by atoms with E-state index in [2.05, 4.69) is 13.0 Å². The molecule has 7 atom stereocenters. The number of carbonyl (C=O) groups excluding carboxylic acids is 3. The van der Waals surface area contributed by atoms with E-state index in [1.54, 1.807) is 6.92 Å². The molecule has 1 amide bonds.